The van der Waals surface area contributed by atoms with Crippen molar-refractivity contribution in [2.45, 2.75) is 25.9 Å². The molecule has 0 aromatic heterocycles. The monoisotopic (exact) mass is 372 g/mol. The number of sulfone groups is 1. The van der Waals surface area contributed by atoms with Crippen molar-refractivity contribution in [2.75, 3.05) is 25.1 Å². The molecule has 2 amide bonds. The van der Waals surface area contributed by atoms with Crippen LogP contribution in [0.1, 0.15) is 18.9 Å². The van der Waals surface area contributed by atoms with Crippen LogP contribution in [0.4, 0.5) is 0 Å². The van der Waals surface area contributed by atoms with Crippen LogP contribution in [0.2, 0.25) is 5.02 Å². The molecule has 1 aromatic rings. The van der Waals surface area contributed by atoms with Crippen molar-refractivity contribution in [3.63, 3.8) is 0 Å². The van der Waals surface area contributed by atoms with E-state index < -0.39 is 9.84 Å². The summed E-state index contributed by atoms with van der Waals surface area (Å²) in [5.41, 5.74) is 0.869. The number of nitrogens with zero attached hydrogens (tertiary/aromatic N) is 2. The quantitative estimate of drug-likeness (QED) is 0.781. The number of amides is 2. The van der Waals surface area contributed by atoms with Gasteiger partial charge < -0.3 is 9.80 Å². The Morgan fingerprint density at radius 3 is 2.38 bits per heavy atom. The lowest BCUT2D eigenvalue weighted by Crippen LogP contribution is -2.44. The summed E-state index contributed by atoms with van der Waals surface area (Å²) < 4.78 is 23.1. The van der Waals surface area contributed by atoms with Crippen molar-refractivity contribution >= 4 is 33.3 Å². The van der Waals surface area contributed by atoms with Gasteiger partial charge >= 0.3 is 0 Å². The van der Waals surface area contributed by atoms with Crippen LogP contribution >= 0.6 is 11.6 Å². The fraction of sp³-hybridized carbons (Fsp3) is 0.500. The number of hydrogen-bond donors (Lipinski definition) is 0. The highest BCUT2D eigenvalue weighted by atomic mass is 35.5. The van der Waals surface area contributed by atoms with Crippen molar-refractivity contribution in [3.8, 4) is 0 Å². The second-order valence-corrected chi connectivity index (χ2v) is 8.73. The zero-order chi connectivity index (χ0) is 17.9. The van der Waals surface area contributed by atoms with Gasteiger partial charge in [-0.3, -0.25) is 9.59 Å². The van der Waals surface area contributed by atoms with Crippen molar-refractivity contribution in [1.29, 1.82) is 0 Å². The largest absolute Gasteiger partial charge is 0.340 e. The van der Waals surface area contributed by atoms with Crippen molar-refractivity contribution < 1.29 is 18.0 Å². The maximum Gasteiger partial charge on any atom is 0.242 e. The molecule has 6 nitrogen and oxygen atoms in total. The average molecular weight is 373 g/mol. The maximum absolute atomic E-state index is 12.4. The van der Waals surface area contributed by atoms with Crippen LogP contribution in [-0.4, -0.2) is 61.2 Å². The van der Waals surface area contributed by atoms with Crippen LogP contribution in [0.15, 0.2) is 24.3 Å². The summed E-state index contributed by atoms with van der Waals surface area (Å²) in [6.07, 6.45) is 0.446. The van der Waals surface area contributed by atoms with Crippen molar-refractivity contribution in [1.82, 2.24) is 9.80 Å². The van der Waals surface area contributed by atoms with Crippen molar-refractivity contribution in [3.05, 3.63) is 34.9 Å². The molecule has 1 heterocycles. The topological polar surface area (TPSA) is 74.8 Å². The number of carbonyl (C=O) groups excluding carboxylic acids is 2. The molecular formula is C16H21ClN2O4S. The zero-order valence-electron chi connectivity index (χ0n) is 13.7. The van der Waals surface area contributed by atoms with E-state index in [-0.39, 0.29) is 35.9 Å². The molecule has 1 saturated heterocycles. The fourth-order valence-electron chi connectivity index (χ4n) is 2.65. The highest BCUT2D eigenvalue weighted by Gasteiger charge is 2.33. The second kappa shape index (κ2) is 7.53. The molecule has 1 unspecified atom stereocenters. The Balaban J connectivity index is 2.00. The van der Waals surface area contributed by atoms with Gasteiger partial charge in [-0.1, -0.05) is 23.7 Å². The van der Waals surface area contributed by atoms with E-state index >= 15 is 0 Å². The summed E-state index contributed by atoms with van der Waals surface area (Å²) in [5, 5.41) is 0.603. The molecule has 1 aromatic carbocycles. The lowest BCUT2D eigenvalue weighted by Gasteiger charge is -2.27. The zero-order valence-corrected chi connectivity index (χ0v) is 15.3. The number of rotatable bonds is 5. The Labute approximate surface area is 147 Å². The molecule has 1 aliphatic rings. The molecule has 1 atom stereocenters. The molecule has 0 aliphatic carbocycles. The number of carbonyl (C=O) groups is 2. The van der Waals surface area contributed by atoms with E-state index in [1.54, 1.807) is 31.3 Å². The van der Waals surface area contributed by atoms with Gasteiger partial charge in [0.1, 0.15) is 6.54 Å². The smallest absolute Gasteiger partial charge is 0.242 e. The molecular weight excluding hydrogens is 352 g/mol. The highest BCUT2D eigenvalue weighted by Crippen LogP contribution is 2.17. The van der Waals surface area contributed by atoms with Gasteiger partial charge in [0.2, 0.25) is 11.8 Å². The van der Waals surface area contributed by atoms with Crippen LogP contribution in [0.25, 0.3) is 0 Å². The van der Waals surface area contributed by atoms with Gasteiger partial charge in [-0.15, -0.1) is 0 Å². The molecule has 0 saturated carbocycles. The number of hydrogen-bond acceptors (Lipinski definition) is 4. The summed E-state index contributed by atoms with van der Waals surface area (Å²) in [5.74, 6) is -0.379. The van der Waals surface area contributed by atoms with Gasteiger partial charge in [-0.05, 0) is 24.1 Å². The van der Waals surface area contributed by atoms with E-state index in [0.717, 1.165) is 5.56 Å². The Morgan fingerprint density at radius 2 is 1.88 bits per heavy atom. The first-order valence-corrected chi connectivity index (χ1v) is 9.84. The summed E-state index contributed by atoms with van der Waals surface area (Å²) in [4.78, 5) is 27.1. The molecule has 1 aliphatic heterocycles. The summed E-state index contributed by atoms with van der Waals surface area (Å²) in [6.45, 7) is 1.63. The Morgan fingerprint density at radius 1 is 1.25 bits per heavy atom. The second-order valence-electron chi connectivity index (χ2n) is 6.06. The van der Waals surface area contributed by atoms with Gasteiger partial charge in [-0.2, -0.15) is 0 Å². The van der Waals surface area contributed by atoms with Crippen LogP contribution in [0, 0.1) is 0 Å². The third-order valence-corrected chi connectivity index (χ3v) is 6.21. The Kier molecular flexibility index (Phi) is 5.87. The van der Waals surface area contributed by atoms with Crippen LogP contribution < -0.4 is 0 Å². The lowest BCUT2D eigenvalue weighted by molar-refractivity contribution is -0.140. The first kappa shape index (κ1) is 18.7. The summed E-state index contributed by atoms with van der Waals surface area (Å²) in [7, 11) is -1.47. The molecule has 0 N–H and O–H groups in total. The van der Waals surface area contributed by atoms with E-state index in [2.05, 4.69) is 0 Å². The number of halogens is 1. The third kappa shape index (κ3) is 4.95. The lowest BCUT2D eigenvalue weighted by atomic mass is 10.2. The average Bonchev–Trinajstić information content (AvgIpc) is 2.87. The molecule has 0 spiro atoms. The SMILES string of the molecule is CC(=O)N(CC(=O)N(C)C1CCS(=O)(=O)C1)Cc1ccc(Cl)cc1. The number of likely N-dealkylation sites (N-methyl/N-ethyl adjacent to an activating group) is 1. The van der Waals surface area contributed by atoms with Crippen LogP contribution in [0.5, 0.6) is 0 Å². The van der Waals surface area contributed by atoms with E-state index in [1.807, 2.05) is 0 Å². The van der Waals surface area contributed by atoms with Gasteiger partial charge in [0, 0.05) is 31.6 Å². The molecule has 0 radical (unpaired) electrons. The fourth-order valence-corrected chi connectivity index (χ4v) is 4.55. The third-order valence-electron chi connectivity index (χ3n) is 4.21. The van der Waals surface area contributed by atoms with Crippen molar-refractivity contribution in [2.24, 2.45) is 0 Å². The first-order valence-electron chi connectivity index (χ1n) is 7.64. The predicted octanol–water partition coefficient (Wildman–Crippen LogP) is 1.33. The molecule has 0 bridgehead atoms. The molecule has 8 heteroatoms. The maximum atomic E-state index is 12.4. The van der Waals surface area contributed by atoms with Gasteiger partial charge in [0.25, 0.3) is 0 Å². The minimum absolute atomic E-state index is 0.00744. The van der Waals surface area contributed by atoms with E-state index in [1.165, 1.54) is 16.7 Å². The minimum Gasteiger partial charge on any atom is -0.340 e. The first-order chi connectivity index (χ1) is 11.2. The minimum atomic E-state index is -3.06. The highest BCUT2D eigenvalue weighted by molar-refractivity contribution is 7.91. The standard InChI is InChI=1S/C16H21ClN2O4S/c1-12(20)19(9-13-3-5-14(17)6-4-13)10-16(21)18(2)15-7-8-24(22,23)11-15/h3-6,15H,7-11H2,1-2H3. The van der Waals surface area contributed by atoms with E-state index in [9.17, 15) is 18.0 Å². The molecule has 2 rings (SSSR count). The predicted molar refractivity (Wildman–Crippen MR) is 92.4 cm³/mol. The summed E-state index contributed by atoms with van der Waals surface area (Å²) in [6, 6.07) is 6.75. The van der Waals surface area contributed by atoms with Gasteiger partial charge in [0.15, 0.2) is 9.84 Å². The molecule has 132 valence electrons. The van der Waals surface area contributed by atoms with Crippen LogP contribution in [0.3, 0.4) is 0 Å². The van der Waals surface area contributed by atoms with E-state index in [4.69, 9.17) is 11.6 Å². The van der Waals surface area contributed by atoms with Gasteiger partial charge in [-0.25, -0.2) is 8.42 Å². The molecule has 1 fully saturated rings. The molecule has 24 heavy (non-hydrogen) atoms. The Hall–Kier alpha value is -1.60. The summed E-state index contributed by atoms with van der Waals surface area (Å²) >= 11 is 5.84. The van der Waals surface area contributed by atoms with E-state index in [0.29, 0.717) is 18.0 Å². The van der Waals surface area contributed by atoms with Gasteiger partial charge in [0.05, 0.1) is 11.5 Å². The number of benzene rings is 1. The van der Waals surface area contributed by atoms with Crippen LogP contribution in [-0.2, 0) is 26.0 Å². The Bertz CT molecular complexity index is 718. The normalized spacial score (nSPS) is 19.0.